The molecule has 1 aromatic carbocycles. The fraction of sp³-hybridized carbons (Fsp3) is 0.500. The van der Waals surface area contributed by atoms with E-state index < -0.39 is 0 Å². The second-order valence-corrected chi connectivity index (χ2v) is 3.97. The van der Waals surface area contributed by atoms with Gasteiger partial charge in [0.25, 0.3) is 0 Å². The first kappa shape index (κ1) is 11.1. The molecule has 0 radical (unpaired) electrons. The van der Waals surface area contributed by atoms with Crippen molar-refractivity contribution in [2.24, 2.45) is 5.73 Å². The van der Waals surface area contributed by atoms with E-state index in [9.17, 15) is 5.11 Å². The summed E-state index contributed by atoms with van der Waals surface area (Å²) in [6.07, 6.45) is 0.993. The lowest BCUT2D eigenvalue weighted by Crippen LogP contribution is -2.07. The normalized spacial score (nSPS) is 12.9. The van der Waals surface area contributed by atoms with Gasteiger partial charge in [0.15, 0.2) is 0 Å². The van der Waals surface area contributed by atoms with Crippen molar-refractivity contribution < 1.29 is 5.11 Å². The Morgan fingerprint density at radius 1 is 1.29 bits per heavy atom. The van der Waals surface area contributed by atoms with Crippen LogP contribution in [0.5, 0.6) is 5.75 Å². The molecule has 14 heavy (non-hydrogen) atoms. The van der Waals surface area contributed by atoms with Crippen LogP contribution in [0.15, 0.2) is 12.1 Å². The first-order chi connectivity index (χ1) is 6.56. The van der Waals surface area contributed by atoms with Gasteiger partial charge in [-0.3, -0.25) is 0 Å². The van der Waals surface area contributed by atoms with Crippen molar-refractivity contribution in [3.05, 3.63) is 28.8 Å². The number of benzene rings is 1. The maximum Gasteiger partial charge on any atom is 0.116 e. The molecule has 0 bridgehead atoms. The Labute approximate surface area is 85.8 Å². The molecule has 0 aliphatic rings. The summed E-state index contributed by atoms with van der Waals surface area (Å²) in [6.45, 7) is 6.96. The molecule has 0 heterocycles. The molecule has 1 unspecified atom stereocenters. The molecule has 2 nitrogen and oxygen atoms in total. The Kier molecular flexibility index (Phi) is 3.53. The van der Waals surface area contributed by atoms with Crippen molar-refractivity contribution in [3.8, 4) is 5.75 Å². The van der Waals surface area contributed by atoms with Gasteiger partial charge in [-0.15, -0.1) is 0 Å². The second kappa shape index (κ2) is 4.47. The average molecular weight is 193 g/mol. The maximum absolute atomic E-state index is 9.41. The van der Waals surface area contributed by atoms with Gasteiger partial charge >= 0.3 is 0 Å². The minimum atomic E-state index is 0.351. The van der Waals surface area contributed by atoms with E-state index in [0.717, 1.165) is 17.5 Å². The number of hydrogen-bond acceptors (Lipinski definition) is 2. The molecular weight excluding hydrogens is 174 g/mol. The fourth-order valence-corrected chi connectivity index (χ4v) is 2.12. The van der Waals surface area contributed by atoms with Crippen LogP contribution in [0.2, 0.25) is 0 Å². The third-order valence-electron chi connectivity index (χ3n) is 2.67. The summed E-state index contributed by atoms with van der Waals surface area (Å²) in [6, 6.07) is 3.63. The van der Waals surface area contributed by atoms with Crippen LogP contribution >= 0.6 is 0 Å². The van der Waals surface area contributed by atoms with E-state index in [-0.39, 0.29) is 0 Å². The molecule has 3 N–H and O–H groups in total. The van der Waals surface area contributed by atoms with Crippen LogP contribution < -0.4 is 5.73 Å². The van der Waals surface area contributed by atoms with Crippen molar-refractivity contribution in [1.29, 1.82) is 0 Å². The van der Waals surface area contributed by atoms with E-state index in [1.165, 1.54) is 5.56 Å². The van der Waals surface area contributed by atoms with Crippen LogP contribution in [0, 0.1) is 13.8 Å². The summed E-state index contributed by atoms with van der Waals surface area (Å²) in [5.74, 6) is 0.823. The number of nitrogens with two attached hydrogens (primary N) is 1. The Bertz CT molecular complexity index is 297. The summed E-state index contributed by atoms with van der Waals surface area (Å²) in [4.78, 5) is 0. The Morgan fingerprint density at radius 3 is 2.21 bits per heavy atom. The van der Waals surface area contributed by atoms with Crippen LogP contribution in [0.3, 0.4) is 0 Å². The van der Waals surface area contributed by atoms with Crippen molar-refractivity contribution >= 4 is 0 Å². The lowest BCUT2D eigenvalue weighted by Gasteiger charge is -2.17. The van der Waals surface area contributed by atoms with Gasteiger partial charge < -0.3 is 10.8 Å². The first-order valence-electron chi connectivity index (χ1n) is 5.06. The van der Waals surface area contributed by atoms with E-state index in [1.54, 1.807) is 0 Å². The zero-order valence-corrected chi connectivity index (χ0v) is 9.17. The summed E-state index contributed by atoms with van der Waals surface area (Å²) in [5, 5.41) is 9.41. The number of aromatic hydroxyl groups is 1. The molecule has 78 valence electrons. The van der Waals surface area contributed by atoms with E-state index in [0.29, 0.717) is 18.2 Å². The predicted molar refractivity (Wildman–Crippen MR) is 59.7 cm³/mol. The number of phenolic OH excluding ortho intramolecular Hbond substituents is 1. The predicted octanol–water partition coefficient (Wildman–Crippen LogP) is 2.46. The molecule has 1 rings (SSSR count). The minimum absolute atomic E-state index is 0.351. The summed E-state index contributed by atoms with van der Waals surface area (Å²) in [5.41, 5.74) is 9.19. The van der Waals surface area contributed by atoms with Gasteiger partial charge in [0.05, 0.1) is 0 Å². The van der Waals surface area contributed by atoms with Gasteiger partial charge in [0, 0.05) is 0 Å². The van der Waals surface area contributed by atoms with Gasteiger partial charge in [-0.05, 0) is 61.6 Å². The molecule has 2 heteroatoms. The molecule has 0 spiro atoms. The maximum atomic E-state index is 9.41. The third-order valence-corrected chi connectivity index (χ3v) is 2.67. The number of aryl methyl sites for hydroxylation is 2. The van der Waals surface area contributed by atoms with Crippen molar-refractivity contribution in [2.75, 3.05) is 6.54 Å². The third kappa shape index (κ3) is 2.26. The van der Waals surface area contributed by atoms with Gasteiger partial charge in [0.1, 0.15) is 5.75 Å². The Balaban J connectivity index is 3.07. The number of hydrogen-bond donors (Lipinski definition) is 2. The summed E-state index contributed by atoms with van der Waals surface area (Å²) >= 11 is 0. The summed E-state index contributed by atoms with van der Waals surface area (Å²) < 4.78 is 0. The quantitative estimate of drug-likeness (QED) is 0.774. The van der Waals surface area contributed by atoms with E-state index in [1.807, 2.05) is 26.0 Å². The Morgan fingerprint density at radius 2 is 1.79 bits per heavy atom. The van der Waals surface area contributed by atoms with Gasteiger partial charge in [-0.2, -0.15) is 0 Å². The van der Waals surface area contributed by atoms with Crippen LogP contribution in [-0.2, 0) is 0 Å². The van der Waals surface area contributed by atoms with Crippen LogP contribution in [-0.4, -0.2) is 11.7 Å². The molecule has 0 saturated heterocycles. The highest BCUT2D eigenvalue weighted by Gasteiger charge is 2.11. The highest BCUT2D eigenvalue weighted by Crippen LogP contribution is 2.28. The lowest BCUT2D eigenvalue weighted by atomic mass is 9.90. The molecular formula is C12H19NO. The molecule has 0 aliphatic carbocycles. The smallest absolute Gasteiger partial charge is 0.116 e. The molecule has 1 atom stereocenters. The van der Waals surface area contributed by atoms with Crippen LogP contribution in [0.4, 0.5) is 0 Å². The fourth-order valence-electron chi connectivity index (χ4n) is 2.12. The molecule has 0 aromatic heterocycles. The van der Waals surface area contributed by atoms with Gasteiger partial charge in [0.2, 0.25) is 0 Å². The van der Waals surface area contributed by atoms with Crippen molar-refractivity contribution in [2.45, 2.75) is 33.1 Å². The van der Waals surface area contributed by atoms with Crippen LogP contribution in [0.25, 0.3) is 0 Å². The van der Waals surface area contributed by atoms with Crippen LogP contribution in [0.1, 0.15) is 36.0 Å². The molecule has 1 aromatic rings. The minimum Gasteiger partial charge on any atom is -0.508 e. The van der Waals surface area contributed by atoms with E-state index in [4.69, 9.17) is 5.73 Å². The monoisotopic (exact) mass is 193 g/mol. The van der Waals surface area contributed by atoms with Crippen molar-refractivity contribution in [1.82, 2.24) is 0 Å². The Hall–Kier alpha value is -1.02. The second-order valence-electron chi connectivity index (χ2n) is 3.97. The SMILES string of the molecule is Cc1cc(O)cc(C)c1C(C)CCN. The zero-order chi connectivity index (χ0) is 10.7. The molecule has 0 fully saturated rings. The largest absolute Gasteiger partial charge is 0.508 e. The molecule has 0 amide bonds. The van der Waals surface area contributed by atoms with Gasteiger partial charge in [-0.25, -0.2) is 0 Å². The van der Waals surface area contributed by atoms with E-state index in [2.05, 4.69) is 6.92 Å². The average Bonchev–Trinajstić information content (AvgIpc) is 2.01. The number of rotatable bonds is 3. The first-order valence-corrected chi connectivity index (χ1v) is 5.06. The standard InChI is InChI=1S/C12H19NO/c1-8(4-5-13)12-9(2)6-11(14)7-10(12)3/h6-8,14H,4-5,13H2,1-3H3. The van der Waals surface area contributed by atoms with E-state index >= 15 is 0 Å². The highest BCUT2D eigenvalue weighted by molar-refractivity contribution is 5.42. The molecule has 0 saturated carbocycles. The number of phenols is 1. The van der Waals surface area contributed by atoms with Crippen molar-refractivity contribution in [3.63, 3.8) is 0 Å². The topological polar surface area (TPSA) is 46.2 Å². The van der Waals surface area contributed by atoms with Gasteiger partial charge in [-0.1, -0.05) is 6.92 Å². The zero-order valence-electron chi connectivity index (χ0n) is 9.17. The summed E-state index contributed by atoms with van der Waals surface area (Å²) in [7, 11) is 0. The molecule has 0 aliphatic heterocycles. The lowest BCUT2D eigenvalue weighted by molar-refractivity contribution is 0.473. The highest BCUT2D eigenvalue weighted by atomic mass is 16.3.